The summed E-state index contributed by atoms with van der Waals surface area (Å²) in [6.07, 6.45) is 6.99. The van der Waals surface area contributed by atoms with Gasteiger partial charge in [0.15, 0.2) is 5.96 Å². The zero-order valence-corrected chi connectivity index (χ0v) is 17.9. The zero-order chi connectivity index (χ0) is 19.8. The molecule has 154 valence electrons. The van der Waals surface area contributed by atoms with Crippen LogP contribution in [0, 0.1) is 12.8 Å². The van der Waals surface area contributed by atoms with Crippen molar-refractivity contribution < 1.29 is 0 Å². The number of guanidine groups is 1. The Balaban J connectivity index is 1.47. The number of nitrogens with zero attached hydrogens (tertiary/aromatic N) is 2. The Morgan fingerprint density at radius 3 is 2.79 bits per heavy atom. The minimum Gasteiger partial charge on any atom is -0.361 e. The summed E-state index contributed by atoms with van der Waals surface area (Å²) < 4.78 is 0. The smallest absolute Gasteiger partial charge is 0.191 e. The summed E-state index contributed by atoms with van der Waals surface area (Å²) in [5, 5.41) is 8.27. The number of aliphatic imine (C=N–C) groups is 1. The first kappa shape index (κ1) is 20.7. The van der Waals surface area contributed by atoms with E-state index in [4.69, 9.17) is 4.99 Å². The van der Waals surface area contributed by atoms with Crippen molar-refractivity contribution in [1.82, 2.24) is 20.5 Å². The molecule has 5 nitrogen and oxygen atoms in total. The van der Waals surface area contributed by atoms with Gasteiger partial charge < -0.3 is 20.5 Å². The Morgan fingerprint density at radius 2 is 2.04 bits per heavy atom. The SMILES string of the molecule is CCNC(=NCCC1CCN(CC)CC1)NCCc1c[nH]c2cccc(C)c12. The van der Waals surface area contributed by atoms with Crippen LogP contribution in [-0.2, 0) is 6.42 Å². The number of nitrogens with one attached hydrogen (secondary N) is 3. The maximum Gasteiger partial charge on any atom is 0.191 e. The van der Waals surface area contributed by atoms with Gasteiger partial charge in [0.05, 0.1) is 0 Å². The number of aromatic nitrogens is 1. The number of hydrogen-bond donors (Lipinski definition) is 3. The Morgan fingerprint density at radius 1 is 1.21 bits per heavy atom. The molecule has 1 aliphatic rings. The van der Waals surface area contributed by atoms with E-state index in [1.807, 2.05) is 0 Å². The van der Waals surface area contributed by atoms with Crippen molar-refractivity contribution in [3.8, 4) is 0 Å². The van der Waals surface area contributed by atoms with Crippen molar-refractivity contribution in [3.05, 3.63) is 35.5 Å². The molecule has 2 heterocycles. The second-order valence-electron chi connectivity index (χ2n) is 7.92. The van der Waals surface area contributed by atoms with Crippen molar-refractivity contribution in [2.24, 2.45) is 10.9 Å². The lowest BCUT2D eigenvalue weighted by molar-refractivity contribution is 0.188. The Hall–Kier alpha value is -2.01. The molecule has 0 atom stereocenters. The lowest BCUT2D eigenvalue weighted by atomic mass is 9.94. The Labute approximate surface area is 170 Å². The fraction of sp³-hybridized carbons (Fsp3) is 0.609. The summed E-state index contributed by atoms with van der Waals surface area (Å²) in [6.45, 7) is 13.0. The van der Waals surface area contributed by atoms with Crippen LogP contribution in [0.2, 0.25) is 0 Å². The van der Waals surface area contributed by atoms with Crippen LogP contribution in [0.1, 0.15) is 44.2 Å². The predicted molar refractivity (Wildman–Crippen MR) is 120 cm³/mol. The van der Waals surface area contributed by atoms with Crippen LogP contribution in [0.15, 0.2) is 29.4 Å². The summed E-state index contributed by atoms with van der Waals surface area (Å²) in [6, 6.07) is 6.44. The molecule has 0 bridgehead atoms. The molecule has 5 heteroatoms. The molecule has 0 radical (unpaired) electrons. The van der Waals surface area contributed by atoms with Crippen LogP contribution in [-0.4, -0.2) is 55.1 Å². The average molecular weight is 384 g/mol. The van der Waals surface area contributed by atoms with E-state index in [0.29, 0.717) is 0 Å². The quantitative estimate of drug-likeness (QED) is 0.481. The highest BCUT2D eigenvalue weighted by molar-refractivity contribution is 5.86. The van der Waals surface area contributed by atoms with Gasteiger partial charge in [-0.05, 0) is 82.3 Å². The van der Waals surface area contributed by atoms with E-state index in [2.05, 4.69) is 65.7 Å². The summed E-state index contributed by atoms with van der Waals surface area (Å²) in [4.78, 5) is 10.8. The molecule has 3 rings (SSSR count). The number of aromatic amines is 1. The van der Waals surface area contributed by atoms with Crippen molar-refractivity contribution in [2.75, 3.05) is 39.3 Å². The van der Waals surface area contributed by atoms with Crippen molar-refractivity contribution in [1.29, 1.82) is 0 Å². The molecular weight excluding hydrogens is 346 g/mol. The fourth-order valence-corrected chi connectivity index (χ4v) is 4.26. The van der Waals surface area contributed by atoms with Gasteiger partial charge in [-0.3, -0.25) is 4.99 Å². The number of piperidine rings is 1. The van der Waals surface area contributed by atoms with Crippen LogP contribution in [0.4, 0.5) is 0 Å². The van der Waals surface area contributed by atoms with Gasteiger partial charge in [-0.25, -0.2) is 0 Å². The second kappa shape index (κ2) is 10.5. The minimum atomic E-state index is 0.837. The van der Waals surface area contributed by atoms with E-state index in [1.165, 1.54) is 60.9 Å². The number of likely N-dealkylation sites (tertiary alicyclic amines) is 1. The van der Waals surface area contributed by atoms with E-state index < -0.39 is 0 Å². The monoisotopic (exact) mass is 383 g/mol. The highest BCUT2D eigenvalue weighted by atomic mass is 15.2. The van der Waals surface area contributed by atoms with Gasteiger partial charge in [-0.2, -0.15) is 0 Å². The predicted octanol–water partition coefficient (Wildman–Crippen LogP) is 3.70. The first-order valence-electron chi connectivity index (χ1n) is 11.0. The highest BCUT2D eigenvalue weighted by Crippen LogP contribution is 2.22. The summed E-state index contributed by atoms with van der Waals surface area (Å²) in [5.74, 6) is 1.79. The molecule has 1 aliphatic heterocycles. The topological polar surface area (TPSA) is 55.5 Å². The van der Waals surface area contributed by atoms with Gasteiger partial charge in [0.2, 0.25) is 0 Å². The van der Waals surface area contributed by atoms with Crippen molar-refractivity contribution in [2.45, 2.75) is 46.5 Å². The lowest BCUT2D eigenvalue weighted by Crippen LogP contribution is -2.38. The maximum atomic E-state index is 4.82. The average Bonchev–Trinajstić information content (AvgIpc) is 3.13. The second-order valence-corrected chi connectivity index (χ2v) is 7.92. The number of hydrogen-bond acceptors (Lipinski definition) is 2. The van der Waals surface area contributed by atoms with Crippen LogP contribution in [0.5, 0.6) is 0 Å². The van der Waals surface area contributed by atoms with Crippen molar-refractivity contribution in [3.63, 3.8) is 0 Å². The zero-order valence-electron chi connectivity index (χ0n) is 17.9. The molecule has 1 saturated heterocycles. The molecule has 0 unspecified atom stereocenters. The van der Waals surface area contributed by atoms with Crippen LogP contribution < -0.4 is 10.6 Å². The molecule has 0 amide bonds. The molecule has 3 N–H and O–H groups in total. The molecule has 1 aromatic heterocycles. The van der Waals surface area contributed by atoms with E-state index in [0.717, 1.165) is 37.9 Å². The number of aryl methyl sites for hydroxylation is 1. The van der Waals surface area contributed by atoms with Crippen LogP contribution in [0.3, 0.4) is 0 Å². The van der Waals surface area contributed by atoms with Gasteiger partial charge >= 0.3 is 0 Å². The standard InChI is InChI=1S/C23H37N5/c1-4-24-23(25-13-9-19-11-15-28(5-2)16-12-19)26-14-10-20-17-27-21-8-6-7-18(3)22(20)21/h6-8,17,19,27H,4-5,9-16H2,1-3H3,(H2,24,25,26). The van der Waals surface area contributed by atoms with Gasteiger partial charge in [-0.1, -0.05) is 19.1 Å². The summed E-state index contributed by atoms with van der Waals surface area (Å²) in [5.41, 5.74) is 3.94. The Kier molecular flexibility index (Phi) is 7.78. The minimum absolute atomic E-state index is 0.837. The van der Waals surface area contributed by atoms with Gasteiger partial charge in [0.1, 0.15) is 0 Å². The molecule has 0 aliphatic carbocycles. The van der Waals surface area contributed by atoms with Crippen LogP contribution >= 0.6 is 0 Å². The van der Waals surface area contributed by atoms with Crippen LogP contribution in [0.25, 0.3) is 10.9 Å². The number of fused-ring (bicyclic) bond motifs is 1. The normalized spacial score (nSPS) is 16.6. The summed E-state index contributed by atoms with van der Waals surface area (Å²) in [7, 11) is 0. The number of benzene rings is 1. The van der Waals surface area contributed by atoms with Gasteiger partial charge in [0, 0.05) is 36.7 Å². The molecular formula is C23H37N5. The van der Waals surface area contributed by atoms with E-state index in [1.54, 1.807) is 0 Å². The van der Waals surface area contributed by atoms with Crippen molar-refractivity contribution >= 4 is 16.9 Å². The fourth-order valence-electron chi connectivity index (χ4n) is 4.26. The third kappa shape index (κ3) is 5.51. The van der Waals surface area contributed by atoms with E-state index in [-0.39, 0.29) is 0 Å². The molecule has 28 heavy (non-hydrogen) atoms. The molecule has 1 aromatic carbocycles. The molecule has 0 saturated carbocycles. The first-order valence-corrected chi connectivity index (χ1v) is 11.0. The Bertz CT molecular complexity index is 755. The molecule has 1 fully saturated rings. The summed E-state index contributed by atoms with van der Waals surface area (Å²) >= 11 is 0. The number of H-pyrrole nitrogens is 1. The molecule has 0 spiro atoms. The largest absolute Gasteiger partial charge is 0.361 e. The van der Waals surface area contributed by atoms with E-state index >= 15 is 0 Å². The van der Waals surface area contributed by atoms with Gasteiger partial charge in [0.25, 0.3) is 0 Å². The lowest BCUT2D eigenvalue weighted by Gasteiger charge is -2.30. The third-order valence-corrected chi connectivity index (χ3v) is 5.99. The highest BCUT2D eigenvalue weighted by Gasteiger charge is 2.17. The first-order chi connectivity index (χ1) is 13.7. The van der Waals surface area contributed by atoms with E-state index in [9.17, 15) is 0 Å². The van der Waals surface area contributed by atoms with Gasteiger partial charge in [-0.15, -0.1) is 0 Å². The number of rotatable bonds is 8. The maximum absolute atomic E-state index is 4.82. The molecule has 2 aromatic rings. The third-order valence-electron chi connectivity index (χ3n) is 5.99.